The zero-order valence-corrected chi connectivity index (χ0v) is 13.4. The van der Waals surface area contributed by atoms with Crippen LogP contribution >= 0.6 is 0 Å². The van der Waals surface area contributed by atoms with Crippen molar-refractivity contribution in [2.24, 2.45) is 0 Å². The standard InChI is InChI=1S/Ba.Ce.Cu.O.Zr. The SMILES string of the molecule is [Ba].[Ce].[O]=[Cu].[Zr]. The molecule has 0 aliphatic rings. The van der Waals surface area contributed by atoms with E-state index >= 15 is 0 Å². The van der Waals surface area contributed by atoms with Gasteiger partial charge in [-0.15, -0.1) is 0 Å². The second-order valence-electron chi connectivity index (χ2n) is 0. The van der Waals surface area contributed by atoms with Gasteiger partial charge in [-0.25, -0.2) is 0 Å². The van der Waals surface area contributed by atoms with Crippen molar-refractivity contribution in [1.29, 1.82) is 0 Å². The summed E-state index contributed by atoms with van der Waals surface area (Å²) in [5.41, 5.74) is 0. The molecular weight excluding hydrogens is 448 g/mol. The minimum absolute atomic E-state index is 0. The predicted molar refractivity (Wildman–Crippen MR) is 6.44 cm³/mol. The first kappa shape index (κ1) is 22.9. The normalized spacial score (nSPS) is 1.20. The Morgan fingerprint density at radius 2 is 1.20 bits per heavy atom. The molecule has 0 unspecified atom stereocenters. The third kappa shape index (κ3) is 17.9. The molecule has 0 atom stereocenters. The third-order valence-electron chi connectivity index (χ3n) is 0. The van der Waals surface area contributed by atoms with Gasteiger partial charge in [-0.2, -0.15) is 0 Å². The summed E-state index contributed by atoms with van der Waals surface area (Å²) >= 11 is 2.94. The zero-order valence-electron chi connectivity index (χ0n) is 2.42. The maximum absolute atomic E-state index is 7.81. The monoisotopic (exact) mass is 447 g/mol. The topological polar surface area (TPSA) is 17.1 Å². The maximum Gasteiger partial charge on any atom is 0 e. The van der Waals surface area contributed by atoms with Crippen molar-refractivity contribution in [2.75, 3.05) is 0 Å². The molecule has 0 saturated heterocycles. The first-order valence-electron chi connectivity index (χ1n) is 0.123. The Labute approximate surface area is 132 Å². The van der Waals surface area contributed by atoms with Gasteiger partial charge in [0.05, 0.1) is 0 Å². The van der Waals surface area contributed by atoms with Crippen molar-refractivity contribution < 1.29 is 87.7 Å². The first-order chi connectivity index (χ1) is 1.00. The van der Waals surface area contributed by atoms with Gasteiger partial charge in [0.25, 0.3) is 0 Å². The number of hydrogen-bond acceptors (Lipinski definition) is 1. The summed E-state index contributed by atoms with van der Waals surface area (Å²) in [6.07, 6.45) is 0. The van der Waals surface area contributed by atoms with E-state index in [2.05, 4.69) is 15.9 Å². The van der Waals surface area contributed by atoms with Gasteiger partial charge in [-0.05, 0) is 0 Å². The van der Waals surface area contributed by atoms with Crippen molar-refractivity contribution >= 4 is 48.9 Å². The maximum atomic E-state index is 7.81. The van der Waals surface area contributed by atoms with Crippen LogP contribution in [0.5, 0.6) is 0 Å². The summed E-state index contributed by atoms with van der Waals surface area (Å²) < 4.78 is 7.81. The van der Waals surface area contributed by atoms with Crippen LogP contribution in [0.4, 0.5) is 0 Å². The van der Waals surface area contributed by atoms with E-state index in [-0.39, 0.29) is 117 Å². The van der Waals surface area contributed by atoms with Gasteiger partial charge in [-0.1, -0.05) is 0 Å². The fourth-order valence-electron chi connectivity index (χ4n) is 0. The molecule has 5 heavy (non-hydrogen) atoms. The molecular formula is BaCeCuOZr. The fourth-order valence-corrected chi connectivity index (χ4v) is 0. The minimum atomic E-state index is 0. The van der Waals surface area contributed by atoms with Crippen molar-refractivity contribution in [3.05, 3.63) is 0 Å². The Bertz CT molecular complexity index is 11.6. The average Bonchev–Trinajstić information content (AvgIpc) is 1.00. The van der Waals surface area contributed by atoms with Gasteiger partial charge in [0, 0.05) is 117 Å². The van der Waals surface area contributed by atoms with Gasteiger partial charge < -0.3 is 0 Å². The molecule has 0 rings (SSSR count). The Hall–Kier alpha value is 4.15. The van der Waals surface area contributed by atoms with E-state index in [0.29, 0.717) is 0 Å². The molecule has 0 N–H and O–H groups in total. The predicted octanol–water partition coefficient (Wildman–Crippen LogP) is -0.505. The van der Waals surface area contributed by atoms with Crippen LogP contribution in [0.3, 0.4) is 0 Å². The molecule has 2 radical (unpaired) electrons. The van der Waals surface area contributed by atoms with Crippen molar-refractivity contribution in [3.8, 4) is 0 Å². The Morgan fingerprint density at radius 1 is 1.20 bits per heavy atom. The molecule has 1 nitrogen and oxygen atoms in total. The molecule has 5 heteroatoms. The van der Waals surface area contributed by atoms with E-state index in [9.17, 15) is 0 Å². The van der Waals surface area contributed by atoms with Crippen molar-refractivity contribution in [2.45, 2.75) is 0 Å². The van der Waals surface area contributed by atoms with Crippen molar-refractivity contribution in [1.82, 2.24) is 0 Å². The van der Waals surface area contributed by atoms with E-state index < -0.39 is 0 Å². The average molecular weight is 448 g/mol. The van der Waals surface area contributed by atoms with E-state index in [0.717, 1.165) is 0 Å². The third-order valence-corrected chi connectivity index (χ3v) is 0. The molecule has 0 aliphatic carbocycles. The van der Waals surface area contributed by atoms with Crippen LogP contribution in [-0.4, -0.2) is 48.9 Å². The summed E-state index contributed by atoms with van der Waals surface area (Å²) in [7, 11) is 0. The summed E-state index contributed by atoms with van der Waals surface area (Å²) in [6, 6.07) is 0. The quantitative estimate of drug-likeness (QED) is 0.457. The van der Waals surface area contributed by atoms with Crippen LogP contribution in [0.25, 0.3) is 0 Å². The van der Waals surface area contributed by atoms with Crippen LogP contribution < -0.4 is 0 Å². The van der Waals surface area contributed by atoms with E-state index in [4.69, 9.17) is 3.83 Å². The molecule has 0 fully saturated rings. The Balaban J connectivity index is -0.00000000167. The molecule has 0 saturated carbocycles. The molecule has 0 heterocycles. The van der Waals surface area contributed by atoms with Crippen molar-refractivity contribution in [3.63, 3.8) is 0 Å². The summed E-state index contributed by atoms with van der Waals surface area (Å²) in [5, 5.41) is 0. The van der Waals surface area contributed by atoms with Gasteiger partial charge in [0.1, 0.15) is 0 Å². The molecule has 27 valence electrons. The van der Waals surface area contributed by atoms with Crippen LogP contribution in [0, 0.1) is 41.7 Å². The second kappa shape index (κ2) is 24.2. The molecule has 0 aliphatic heterocycles. The summed E-state index contributed by atoms with van der Waals surface area (Å²) in [5.74, 6) is 0. The smallest absolute Gasteiger partial charge is 0 e. The van der Waals surface area contributed by atoms with Gasteiger partial charge >= 0.3 is 19.8 Å². The van der Waals surface area contributed by atoms with Crippen LogP contribution in [-0.2, 0) is 46.0 Å². The zero-order chi connectivity index (χ0) is 2.00. The molecule has 0 aromatic heterocycles. The van der Waals surface area contributed by atoms with E-state index in [1.807, 2.05) is 0 Å². The Kier molecular flexibility index (Phi) is 111. The summed E-state index contributed by atoms with van der Waals surface area (Å²) in [6.45, 7) is 0. The van der Waals surface area contributed by atoms with E-state index in [1.54, 1.807) is 0 Å². The van der Waals surface area contributed by atoms with Crippen LogP contribution in [0.1, 0.15) is 0 Å². The van der Waals surface area contributed by atoms with Gasteiger partial charge in [0.2, 0.25) is 0 Å². The van der Waals surface area contributed by atoms with Gasteiger partial charge in [0.15, 0.2) is 0 Å². The largest absolute Gasteiger partial charge is 0 e. The molecule has 0 aromatic rings. The molecule has 0 aromatic carbocycles. The fraction of sp³-hybridized carbons (Fsp3) is 0. The minimum Gasteiger partial charge on any atom is 0 e. The second-order valence-corrected chi connectivity index (χ2v) is 0. The molecule has 0 amide bonds. The first-order valence-corrected chi connectivity index (χ1v) is 0.508. The molecule has 0 spiro atoms. The number of hydrogen-bond donors (Lipinski definition) is 0. The Morgan fingerprint density at radius 3 is 1.20 bits per heavy atom. The summed E-state index contributed by atoms with van der Waals surface area (Å²) in [4.78, 5) is 0. The van der Waals surface area contributed by atoms with Crippen LogP contribution in [0.2, 0.25) is 0 Å². The van der Waals surface area contributed by atoms with Gasteiger partial charge in [-0.3, -0.25) is 0 Å². The van der Waals surface area contributed by atoms with E-state index in [1.165, 1.54) is 0 Å². The number of rotatable bonds is 0. The molecule has 0 bridgehead atoms. The van der Waals surface area contributed by atoms with Crippen LogP contribution in [0.15, 0.2) is 0 Å².